The quantitative estimate of drug-likeness (QED) is 0.753. The summed E-state index contributed by atoms with van der Waals surface area (Å²) in [5, 5.41) is 15.5. The van der Waals surface area contributed by atoms with Crippen molar-refractivity contribution < 1.29 is 4.42 Å². The number of aromatic amines is 1. The van der Waals surface area contributed by atoms with Crippen molar-refractivity contribution in [1.29, 1.82) is 0 Å². The SMILES string of the molecule is CC(C)c1n[nH]c(C(S)CCC(C)c2nnc(C(C)C)o2)n1. The summed E-state index contributed by atoms with van der Waals surface area (Å²) < 4.78 is 5.70. The molecule has 0 saturated heterocycles. The molecule has 0 amide bonds. The first kappa shape index (κ1) is 17.0. The van der Waals surface area contributed by atoms with Crippen LogP contribution >= 0.6 is 12.6 Å². The van der Waals surface area contributed by atoms with Gasteiger partial charge in [-0.3, -0.25) is 5.10 Å². The molecule has 122 valence electrons. The molecule has 2 aromatic heterocycles. The third-order valence-electron chi connectivity index (χ3n) is 3.60. The number of H-pyrrole nitrogens is 1. The fourth-order valence-corrected chi connectivity index (χ4v) is 2.31. The Kier molecular flexibility index (Phi) is 5.61. The Morgan fingerprint density at radius 3 is 2.23 bits per heavy atom. The second-order valence-electron chi connectivity index (χ2n) is 6.36. The lowest BCUT2D eigenvalue weighted by Gasteiger charge is -2.10. The van der Waals surface area contributed by atoms with Gasteiger partial charge < -0.3 is 4.42 Å². The number of nitrogens with zero attached hydrogens (tertiary/aromatic N) is 4. The molecule has 0 aliphatic carbocycles. The molecule has 2 aromatic rings. The van der Waals surface area contributed by atoms with Crippen LogP contribution in [0.15, 0.2) is 4.42 Å². The van der Waals surface area contributed by atoms with Crippen LogP contribution in [0.1, 0.15) is 93.9 Å². The molecule has 0 fully saturated rings. The van der Waals surface area contributed by atoms with E-state index in [0.717, 1.165) is 24.5 Å². The van der Waals surface area contributed by atoms with E-state index in [1.807, 2.05) is 13.8 Å². The molecule has 2 rings (SSSR count). The molecule has 2 heterocycles. The highest BCUT2D eigenvalue weighted by Crippen LogP contribution is 2.29. The zero-order valence-electron chi connectivity index (χ0n) is 13.9. The maximum absolute atomic E-state index is 5.70. The summed E-state index contributed by atoms with van der Waals surface area (Å²) in [6.07, 6.45) is 1.78. The maximum atomic E-state index is 5.70. The van der Waals surface area contributed by atoms with E-state index in [1.165, 1.54) is 0 Å². The van der Waals surface area contributed by atoms with Crippen molar-refractivity contribution in [2.75, 3.05) is 0 Å². The van der Waals surface area contributed by atoms with Gasteiger partial charge in [0.2, 0.25) is 11.8 Å². The van der Waals surface area contributed by atoms with E-state index >= 15 is 0 Å². The number of hydrogen-bond donors (Lipinski definition) is 2. The number of thiol groups is 1. The van der Waals surface area contributed by atoms with E-state index in [0.29, 0.717) is 17.7 Å². The Bertz CT molecular complexity index is 540. The van der Waals surface area contributed by atoms with Crippen LogP contribution in [0.25, 0.3) is 0 Å². The van der Waals surface area contributed by atoms with E-state index in [2.05, 4.69) is 58.8 Å². The van der Waals surface area contributed by atoms with Crippen molar-refractivity contribution in [3.63, 3.8) is 0 Å². The first-order valence-electron chi connectivity index (χ1n) is 7.82. The van der Waals surface area contributed by atoms with Crippen LogP contribution in [0, 0.1) is 0 Å². The normalized spacial score (nSPS) is 14.7. The summed E-state index contributed by atoms with van der Waals surface area (Å²) in [4.78, 5) is 4.49. The van der Waals surface area contributed by atoms with E-state index < -0.39 is 0 Å². The van der Waals surface area contributed by atoms with Crippen molar-refractivity contribution in [2.45, 2.75) is 70.5 Å². The van der Waals surface area contributed by atoms with Crippen molar-refractivity contribution in [3.05, 3.63) is 23.4 Å². The summed E-state index contributed by atoms with van der Waals surface area (Å²) in [6.45, 7) is 10.3. The number of aromatic nitrogens is 5. The third-order valence-corrected chi connectivity index (χ3v) is 4.10. The molecule has 0 aromatic carbocycles. The lowest BCUT2D eigenvalue weighted by Crippen LogP contribution is -2.00. The second-order valence-corrected chi connectivity index (χ2v) is 6.98. The Labute approximate surface area is 136 Å². The average molecular weight is 323 g/mol. The average Bonchev–Trinajstić information content (AvgIpc) is 3.12. The summed E-state index contributed by atoms with van der Waals surface area (Å²) in [5.74, 6) is 3.84. The highest BCUT2D eigenvalue weighted by molar-refractivity contribution is 7.80. The van der Waals surface area contributed by atoms with E-state index in [-0.39, 0.29) is 17.1 Å². The Balaban J connectivity index is 1.90. The smallest absolute Gasteiger partial charge is 0.219 e. The summed E-state index contributed by atoms with van der Waals surface area (Å²) in [7, 11) is 0. The van der Waals surface area contributed by atoms with Gasteiger partial charge >= 0.3 is 0 Å². The minimum atomic E-state index is 0.0370. The van der Waals surface area contributed by atoms with E-state index in [1.54, 1.807) is 0 Å². The minimum Gasteiger partial charge on any atom is -0.425 e. The van der Waals surface area contributed by atoms with Crippen LogP contribution in [0.5, 0.6) is 0 Å². The van der Waals surface area contributed by atoms with Gasteiger partial charge in [0.1, 0.15) is 5.82 Å². The van der Waals surface area contributed by atoms with Crippen LogP contribution < -0.4 is 0 Å². The lowest BCUT2D eigenvalue weighted by molar-refractivity contribution is 0.398. The molecule has 0 aliphatic heterocycles. The highest BCUT2D eigenvalue weighted by atomic mass is 32.1. The van der Waals surface area contributed by atoms with Crippen molar-refractivity contribution in [1.82, 2.24) is 25.4 Å². The molecule has 7 heteroatoms. The number of rotatable bonds is 7. The van der Waals surface area contributed by atoms with Crippen LogP contribution in [0.2, 0.25) is 0 Å². The third kappa shape index (κ3) is 4.09. The summed E-state index contributed by atoms with van der Waals surface area (Å²) in [6, 6.07) is 0. The first-order valence-corrected chi connectivity index (χ1v) is 8.33. The molecule has 1 N–H and O–H groups in total. The maximum Gasteiger partial charge on any atom is 0.219 e. The predicted molar refractivity (Wildman–Crippen MR) is 88.2 cm³/mol. The Hall–Kier alpha value is -1.37. The van der Waals surface area contributed by atoms with E-state index in [9.17, 15) is 0 Å². The molecule has 0 spiro atoms. The van der Waals surface area contributed by atoms with Gasteiger partial charge in [0.15, 0.2) is 5.82 Å². The van der Waals surface area contributed by atoms with Gasteiger partial charge in [-0.05, 0) is 12.8 Å². The monoisotopic (exact) mass is 323 g/mol. The molecule has 0 aliphatic rings. The topological polar surface area (TPSA) is 80.5 Å². The highest BCUT2D eigenvalue weighted by Gasteiger charge is 2.19. The second kappa shape index (κ2) is 7.26. The number of hydrogen-bond acceptors (Lipinski definition) is 6. The van der Waals surface area contributed by atoms with Crippen LogP contribution in [0.4, 0.5) is 0 Å². The van der Waals surface area contributed by atoms with Gasteiger partial charge in [-0.2, -0.15) is 17.7 Å². The van der Waals surface area contributed by atoms with Gasteiger partial charge in [0.25, 0.3) is 0 Å². The van der Waals surface area contributed by atoms with Crippen molar-refractivity contribution in [3.8, 4) is 0 Å². The van der Waals surface area contributed by atoms with Gasteiger partial charge in [-0.1, -0.05) is 34.6 Å². The summed E-state index contributed by atoms with van der Waals surface area (Å²) in [5.41, 5.74) is 0. The van der Waals surface area contributed by atoms with Crippen LogP contribution in [-0.4, -0.2) is 25.4 Å². The number of nitrogens with one attached hydrogen (secondary N) is 1. The molecule has 0 bridgehead atoms. The molecular weight excluding hydrogens is 298 g/mol. The first-order chi connectivity index (χ1) is 10.4. The molecule has 6 nitrogen and oxygen atoms in total. The van der Waals surface area contributed by atoms with Gasteiger partial charge in [-0.15, -0.1) is 10.2 Å². The molecule has 22 heavy (non-hydrogen) atoms. The van der Waals surface area contributed by atoms with Crippen molar-refractivity contribution in [2.24, 2.45) is 0 Å². The summed E-state index contributed by atoms with van der Waals surface area (Å²) >= 11 is 4.63. The van der Waals surface area contributed by atoms with Crippen molar-refractivity contribution >= 4 is 12.6 Å². The largest absolute Gasteiger partial charge is 0.425 e. The standard InChI is InChI=1S/C15H25N5OS/c1-8(2)12-16-13(18-17-12)11(22)7-6-10(5)15-20-19-14(21-15)9(3)4/h8-11,22H,6-7H2,1-5H3,(H,16,17,18). The minimum absolute atomic E-state index is 0.0370. The molecule has 2 atom stereocenters. The molecule has 2 unspecified atom stereocenters. The van der Waals surface area contributed by atoms with Gasteiger partial charge in [0.05, 0.1) is 5.25 Å². The van der Waals surface area contributed by atoms with Crippen LogP contribution in [0.3, 0.4) is 0 Å². The van der Waals surface area contributed by atoms with Crippen LogP contribution in [-0.2, 0) is 0 Å². The fraction of sp³-hybridized carbons (Fsp3) is 0.733. The zero-order valence-corrected chi connectivity index (χ0v) is 14.8. The Morgan fingerprint density at radius 1 is 1.00 bits per heavy atom. The zero-order chi connectivity index (χ0) is 16.3. The molecule has 0 saturated carbocycles. The fourth-order valence-electron chi connectivity index (χ4n) is 2.04. The Morgan fingerprint density at radius 2 is 1.68 bits per heavy atom. The van der Waals surface area contributed by atoms with E-state index in [4.69, 9.17) is 4.42 Å². The van der Waals surface area contributed by atoms with Gasteiger partial charge in [-0.25, -0.2) is 4.98 Å². The lowest BCUT2D eigenvalue weighted by atomic mass is 10.0. The van der Waals surface area contributed by atoms with Gasteiger partial charge in [0, 0.05) is 17.8 Å². The predicted octanol–water partition coefficient (Wildman–Crippen LogP) is 3.99. The molecule has 0 radical (unpaired) electrons. The molecular formula is C15H25N5OS.